The summed E-state index contributed by atoms with van der Waals surface area (Å²) >= 11 is 0. The summed E-state index contributed by atoms with van der Waals surface area (Å²) in [7, 11) is 1.59. The molecule has 0 saturated carbocycles. The fourth-order valence-corrected chi connectivity index (χ4v) is 4.83. The lowest BCUT2D eigenvalue weighted by Gasteiger charge is -2.25. The summed E-state index contributed by atoms with van der Waals surface area (Å²) in [6.07, 6.45) is 3.27. The molecule has 1 aliphatic heterocycles. The molecule has 1 atom stereocenters. The number of methoxy groups -OCH3 is 1. The van der Waals surface area contributed by atoms with Gasteiger partial charge in [-0.15, -0.1) is 0 Å². The molecule has 1 saturated heterocycles. The third kappa shape index (κ3) is 5.41. The number of aromatic nitrogens is 1. The van der Waals surface area contributed by atoms with Gasteiger partial charge in [0, 0.05) is 23.6 Å². The average molecular weight is 529 g/mol. The first kappa shape index (κ1) is 27.6. The van der Waals surface area contributed by atoms with E-state index in [0.29, 0.717) is 40.3 Å². The number of nitrogens with zero attached hydrogens (tertiary/aromatic N) is 2. The van der Waals surface area contributed by atoms with Crippen molar-refractivity contribution in [1.82, 2.24) is 4.98 Å². The third-order valence-corrected chi connectivity index (χ3v) is 6.77. The van der Waals surface area contributed by atoms with Crippen LogP contribution in [0.15, 0.2) is 66.5 Å². The summed E-state index contributed by atoms with van der Waals surface area (Å²) < 4.78 is 10.5. The number of anilines is 1. The third-order valence-electron chi connectivity index (χ3n) is 6.77. The number of aliphatic hydroxyl groups excluding tert-OH is 1. The van der Waals surface area contributed by atoms with Crippen LogP contribution in [0, 0.1) is 6.92 Å². The molecule has 0 spiro atoms. The molecule has 1 N–H and O–H groups in total. The highest BCUT2D eigenvalue weighted by atomic mass is 16.5. The number of esters is 1. The van der Waals surface area contributed by atoms with Crippen LogP contribution in [0.1, 0.15) is 60.5 Å². The van der Waals surface area contributed by atoms with Gasteiger partial charge in [-0.3, -0.25) is 24.3 Å². The molecule has 0 aliphatic carbocycles. The molecule has 8 heteroatoms. The van der Waals surface area contributed by atoms with E-state index in [1.54, 1.807) is 62.8 Å². The minimum absolute atomic E-state index is 0.0217. The summed E-state index contributed by atoms with van der Waals surface area (Å²) in [5.74, 6) is -1.39. The van der Waals surface area contributed by atoms with Crippen molar-refractivity contribution in [3.05, 3.63) is 94.3 Å². The number of ketones is 1. The Morgan fingerprint density at radius 3 is 2.44 bits per heavy atom. The Hall–Kier alpha value is -4.46. The SMILES string of the molecule is CCOC(=O)Cc1ccc(N2C(=O)C(=O)/C(=C(/O)c3cc(C(C)C)c(OC)cc3C)C2c2cccnc2)cc1. The standard InChI is InChI=1S/C31H32N2O6/c1-6-39-26(34)15-20-9-11-22(12-10-20)33-28(21-8-7-13-32-17-21)27(30(36)31(33)37)29(35)24-16-23(18(2)3)25(38-5)14-19(24)4/h7-14,16-18,28,35H,6,15H2,1-5H3/b29-27+. The average Bonchev–Trinajstić information content (AvgIpc) is 3.19. The van der Waals surface area contributed by atoms with Crippen molar-refractivity contribution in [2.24, 2.45) is 0 Å². The van der Waals surface area contributed by atoms with Crippen LogP contribution in [0.4, 0.5) is 5.69 Å². The summed E-state index contributed by atoms with van der Waals surface area (Å²) in [5.41, 5.74) is 3.74. The highest BCUT2D eigenvalue weighted by molar-refractivity contribution is 6.51. The summed E-state index contributed by atoms with van der Waals surface area (Å²) in [4.78, 5) is 44.4. The van der Waals surface area contributed by atoms with E-state index in [2.05, 4.69) is 4.98 Å². The van der Waals surface area contributed by atoms with E-state index in [1.807, 2.05) is 32.9 Å². The van der Waals surface area contributed by atoms with Gasteiger partial charge in [-0.2, -0.15) is 0 Å². The number of benzene rings is 2. The quantitative estimate of drug-likeness (QED) is 0.184. The van der Waals surface area contributed by atoms with Gasteiger partial charge in [0.1, 0.15) is 11.5 Å². The van der Waals surface area contributed by atoms with Crippen molar-refractivity contribution < 1.29 is 29.0 Å². The molecule has 2 aromatic carbocycles. The van der Waals surface area contributed by atoms with Gasteiger partial charge in [0.15, 0.2) is 0 Å². The monoisotopic (exact) mass is 528 g/mol. The number of rotatable bonds is 8. The number of Topliss-reactive ketones (excluding diaryl/α,β-unsaturated/α-hetero) is 1. The summed E-state index contributed by atoms with van der Waals surface area (Å²) in [6, 6.07) is 13.0. The molecule has 1 aromatic heterocycles. The Labute approximate surface area is 227 Å². The van der Waals surface area contributed by atoms with Crippen molar-refractivity contribution >= 4 is 29.1 Å². The first-order valence-corrected chi connectivity index (χ1v) is 12.8. The topological polar surface area (TPSA) is 106 Å². The van der Waals surface area contributed by atoms with Crippen LogP contribution < -0.4 is 9.64 Å². The number of amides is 1. The number of carbonyl (C=O) groups excluding carboxylic acids is 3. The van der Waals surface area contributed by atoms with E-state index in [4.69, 9.17) is 9.47 Å². The highest BCUT2D eigenvalue weighted by Crippen LogP contribution is 2.43. The molecule has 1 fully saturated rings. The fourth-order valence-electron chi connectivity index (χ4n) is 4.83. The van der Waals surface area contributed by atoms with Gasteiger partial charge in [0.25, 0.3) is 11.7 Å². The first-order valence-electron chi connectivity index (χ1n) is 12.8. The largest absolute Gasteiger partial charge is 0.507 e. The van der Waals surface area contributed by atoms with Crippen molar-refractivity contribution in [3.63, 3.8) is 0 Å². The summed E-state index contributed by atoms with van der Waals surface area (Å²) in [5, 5.41) is 11.6. The van der Waals surface area contributed by atoms with E-state index in [9.17, 15) is 19.5 Å². The van der Waals surface area contributed by atoms with Crippen LogP contribution in [0.5, 0.6) is 5.75 Å². The summed E-state index contributed by atoms with van der Waals surface area (Å²) in [6.45, 7) is 7.87. The second-order valence-corrected chi connectivity index (χ2v) is 9.67. The lowest BCUT2D eigenvalue weighted by Crippen LogP contribution is -2.29. The predicted molar refractivity (Wildman–Crippen MR) is 148 cm³/mol. The maximum absolute atomic E-state index is 13.5. The normalized spacial score (nSPS) is 16.6. The molecule has 0 bridgehead atoms. The van der Waals surface area contributed by atoms with Crippen LogP contribution in [0.2, 0.25) is 0 Å². The van der Waals surface area contributed by atoms with E-state index < -0.39 is 17.7 Å². The molecule has 39 heavy (non-hydrogen) atoms. The molecule has 1 unspecified atom stereocenters. The lowest BCUT2D eigenvalue weighted by molar-refractivity contribution is -0.142. The van der Waals surface area contributed by atoms with E-state index >= 15 is 0 Å². The Morgan fingerprint density at radius 1 is 1.13 bits per heavy atom. The predicted octanol–water partition coefficient (Wildman–Crippen LogP) is 5.25. The number of carbonyl (C=O) groups is 3. The molecule has 8 nitrogen and oxygen atoms in total. The maximum Gasteiger partial charge on any atom is 0.310 e. The van der Waals surface area contributed by atoms with E-state index in [-0.39, 0.29) is 29.6 Å². The zero-order valence-corrected chi connectivity index (χ0v) is 22.7. The number of aliphatic hydroxyl groups is 1. The van der Waals surface area contributed by atoms with Crippen molar-refractivity contribution in [2.45, 2.75) is 46.1 Å². The van der Waals surface area contributed by atoms with Gasteiger partial charge in [-0.25, -0.2) is 0 Å². The van der Waals surface area contributed by atoms with Gasteiger partial charge in [-0.1, -0.05) is 32.0 Å². The smallest absolute Gasteiger partial charge is 0.310 e. The number of ether oxygens (including phenoxy) is 2. The van der Waals surface area contributed by atoms with Crippen molar-refractivity contribution in [3.8, 4) is 5.75 Å². The molecule has 3 aromatic rings. The van der Waals surface area contributed by atoms with Gasteiger partial charge < -0.3 is 14.6 Å². The van der Waals surface area contributed by atoms with Crippen molar-refractivity contribution in [1.29, 1.82) is 0 Å². The fraction of sp³-hybridized carbons (Fsp3) is 0.290. The van der Waals surface area contributed by atoms with Crippen LogP contribution in [0.25, 0.3) is 5.76 Å². The molecular weight excluding hydrogens is 496 g/mol. The number of aryl methyl sites for hydroxylation is 1. The highest BCUT2D eigenvalue weighted by Gasteiger charge is 2.47. The Kier molecular flexibility index (Phi) is 8.14. The maximum atomic E-state index is 13.5. The van der Waals surface area contributed by atoms with Crippen LogP contribution in [0.3, 0.4) is 0 Å². The first-order chi connectivity index (χ1) is 18.7. The van der Waals surface area contributed by atoms with Gasteiger partial charge >= 0.3 is 5.97 Å². The molecule has 1 amide bonds. The molecule has 0 radical (unpaired) electrons. The molecule has 4 rings (SSSR count). The molecule has 2 heterocycles. The number of hydrogen-bond donors (Lipinski definition) is 1. The molecule has 1 aliphatic rings. The number of pyridine rings is 1. The molecular formula is C31H32N2O6. The van der Waals surface area contributed by atoms with Gasteiger partial charge in [-0.05, 0) is 72.4 Å². The van der Waals surface area contributed by atoms with Gasteiger partial charge in [0.05, 0.1) is 31.8 Å². The minimum atomic E-state index is -0.904. The minimum Gasteiger partial charge on any atom is -0.507 e. The Balaban J connectivity index is 1.85. The molecule has 202 valence electrons. The lowest BCUT2D eigenvalue weighted by atomic mass is 9.91. The van der Waals surface area contributed by atoms with Gasteiger partial charge in [0.2, 0.25) is 0 Å². The van der Waals surface area contributed by atoms with Crippen molar-refractivity contribution in [2.75, 3.05) is 18.6 Å². The van der Waals surface area contributed by atoms with E-state index in [0.717, 1.165) is 5.56 Å². The Morgan fingerprint density at radius 2 is 1.85 bits per heavy atom. The van der Waals surface area contributed by atoms with Crippen LogP contribution >= 0.6 is 0 Å². The second kappa shape index (κ2) is 11.5. The van der Waals surface area contributed by atoms with E-state index in [1.165, 1.54) is 4.90 Å². The number of hydrogen-bond acceptors (Lipinski definition) is 7. The van der Waals surface area contributed by atoms with Crippen LogP contribution in [-0.4, -0.2) is 41.5 Å². The zero-order valence-electron chi connectivity index (χ0n) is 22.7. The Bertz CT molecular complexity index is 1430. The zero-order chi connectivity index (χ0) is 28.3. The van der Waals surface area contributed by atoms with Crippen LogP contribution in [-0.2, 0) is 25.5 Å². The second-order valence-electron chi connectivity index (χ2n) is 9.67.